The molecule has 1 atom stereocenters. The number of piperazine rings is 1. The number of aryl methyl sites for hydroxylation is 2. The summed E-state index contributed by atoms with van der Waals surface area (Å²) in [6.07, 6.45) is 0.213. The van der Waals surface area contributed by atoms with Crippen LogP contribution < -0.4 is 5.32 Å². The summed E-state index contributed by atoms with van der Waals surface area (Å²) in [6, 6.07) is 7.29. The highest BCUT2D eigenvalue weighted by Gasteiger charge is 2.32. The molecule has 1 aromatic carbocycles. The van der Waals surface area contributed by atoms with Crippen LogP contribution in [0.15, 0.2) is 29.3 Å². The number of nitrogens with zero attached hydrogens (tertiary/aromatic N) is 6. The lowest BCUT2D eigenvalue weighted by atomic mass is 9.99. The number of hydrogen-bond donors (Lipinski definition) is 1. The Hall–Kier alpha value is -2.59. The van der Waals surface area contributed by atoms with Gasteiger partial charge in [0.15, 0.2) is 5.82 Å². The molecule has 0 bridgehead atoms. The summed E-state index contributed by atoms with van der Waals surface area (Å²) < 4.78 is 2.08. The van der Waals surface area contributed by atoms with Crippen molar-refractivity contribution in [1.29, 1.82) is 0 Å². The molecular weight excluding hydrogens is 494 g/mol. The van der Waals surface area contributed by atoms with Gasteiger partial charge in [0.2, 0.25) is 5.91 Å². The number of fused-ring (bicyclic) bond motifs is 3. The molecule has 2 aromatic heterocycles. The second-order valence-electron chi connectivity index (χ2n) is 9.60. The van der Waals surface area contributed by atoms with Gasteiger partial charge in [0.1, 0.15) is 16.9 Å². The molecule has 2 aliphatic heterocycles. The third-order valence-corrected chi connectivity index (χ3v) is 8.53. The minimum atomic E-state index is -0.445. The fraction of sp³-hybridized carbons (Fsp3) is 0.462. The summed E-state index contributed by atoms with van der Waals surface area (Å²) in [7, 11) is 2.15. The minimum absolute atomic E-state index is 0.0290. The van der Waals surface area contributed by atoms with Crippen molar-refractivity contribution in [1.82, 2.24) is 29.9 Å². The standard InChI is InChI=1S/C26H32ClN7OS/c1-16-17(2)36-26-23(16)24(19-5-7-20(27)8-6-19)29-21(25-31-30-18(3)34(25)26)15-22(35)28-9-10-33-13-11-32(4)12-14-33/h5-8,21H,9-15H2,1-4H3,(H,28,35)/t21-/m0/s1. The van der Waals surface area contributed by atoms with E-state index in [1.807, 2.05) is 31.2 Å². The maximum absolute atomic E-state index is 13.1. The van der Waals surface area contributed by atoms with Gasteiger partial charge in [-0.1, -0.05) is 23.7 Å². The van der Waals surface area contributed by atoms with Gasteiger partial charge in [0.25, 0.3) is 0 Å². The van der Waals surface area contributed by atoms with Crippen LogP contribution in [0.25, 0.3) is 5.00 Å². The lowest BCUT2D eigenvalue weighted by molar-refractivity contribution is -0.121. The number of carbonyl (C=O) groups excluding carboxylic acids is 1. The van der Waals surface area contributed by atoms with E-state index in [1.54, 1.807) is 11.3 Å². The van der Waals surface area contributed by atoms with Gasteiger partial charge in [0, 0.05) is 60.3 Å². The highest BCUT2D eigenvalue weighted by molar-refractivity contribution is 7.15. The molecule has 1 fully saturated rings. The number of halogens is 1. The number of thiophene rings is 1. The summed E-state index contributed by atoms with van der Waals surface area (Å²) in [6.45, 7) is 11.9. The van der Waals surface area contributed by atoms with Crippen LogP contribution in [0.1, 0.15) is 45.7 Å². The molecule has 0 spiro atoms. The molecule has 3 aromatic rings. The molecule has 0 aliphatic carbocycles. The van der Waals surface area contributed by atoms with Crippen LogP contribution in [-0.2, 0) is 4.79 Å². The third-order valence-electron chi connectivity index (χ3n) is 7.08. The Morgan fingerprint density at radius 3 is 2.56 bits per heavy atom. The highest BCUT2D eigenvalue weighted by atomic mass is 35.5. The molecule has 2 aliphatic rings. The van der Waals surface area contributed by atoms with Crippen molar-refractivity contribution < 1.29 is 4.79 Å². The zero-order chi connectivity index (χ0) is 25.4. The molecule has 5 rings (SSSR count). The van der Waals surface area contributed by atoms with E-state index in [-0.39, 0.29) is 12.3 Å². The predicted molar refractivity (Wildman–Crippen MR) is 145 cm³/mol. The normalized spacial score (nSPS) is 18.4. The monoisotopic (exact) mass is 525 g/mol. The van der Waals surface area contributed by atoms with E-state index >= 15 is 0 Å². The molecule has 1 N–H and O–H groups in total. The minimum Gasteiger partial charge on any atom is -0.355 e. The Kier molecular flexibility index (Phi) is 7.25. The van der Waals surface area contributed by atoms with Crippen molar-refractivity contribution in [3.8, 4) is 5.00 Å². The van der Waals surface area contributed by atoms with Gasteiger partial charge in [-0.15, -0.1) is 21.5 Å². The summed E-state index contributed by atoms with van der Waals surface area (Å²) in [5, 5.41) is 13.7. The lowest BCUT2D eigenvalue weighted by Crippen LogP contribution is -2.47. The lowest BCUT2D eigenvalue weighted by Gasteiger charge is -2.32. The molecule has 8 nitrogen and oxygen atoms in total. The number of rotatable bonds is 6. The second-order valence-corrected chi connectivity index (χ2v) is 11.2. The van der Waals surface area contributed by atoms with Crippen LogP contribution in [0.3, 0.4) is 0 Å². The van der Waals surface area contributed by atoms with Crippen LogP contribution >= 0.6 is 22.9 Å². The number of amides is 1. The van der Waals surface area contributed by atoms with Crippen molar-refractivity contribution in [2.24, 2.45) is 4.99 Å². The van der Waals surface area contributed by atoms with Crippen molar-refractivity contribution in [2.75, 3.05) is 46.3 Å². The number of nitrogens with one attached hydrogen (secondary N) is 1. The molecule has 4 heterocycles. The van der Waals surface area contributed by atoms with Crippen LogP contribution in [0, 0.1) is 20.8 Å². The molecule has 10 heteroatoms. The van der Waals surface area contributed by atoms with Crippen molar-refractivity contribution >= 4 is 34.6 Å². The first kappa shape index (κ1) is 25.1. The molecular formula is C26H32ClN7OS. The number of aromatic nitrogens is 3. The summed E-state index contributed by atoms with van der Waals surface area (Å²) in [5.74, 6) is 1.47. The molecule has 0 unspecified atom stereocenters. The van der Waals surface area contributed by atoms with E-state index in [1.165, 1.54) is 10.4 Å². The molecule has 190 valence electrons. The van der Waals surface area contributed by atoms with Gasteiger partial charge in [-0.2, -0.15) is 0 Å². The topological polar surface area (TPSA) is 78.7 Å². The summed E-state index contributed by atoms with van der Waals surface area (Å²) >= 11 is 7.90. The smallest absolute Gasteiger partial charge is 0.222 e. The molecule has 1 amide bonds. The highest BCUT2D eigenvalue weighted by Crippen LogP contribution is 2.39. The van der Waals surface area contributed by atoms with Gasteiger partial charge in [-0.3, -0.25) is 19.3 Å². The fourth-order valence-electron chi connectivity index (χ4n) is 4.81. The Balaban J connectivity index is 1.43. The van der Waals surface area contributed by atoms with Crippen molar-refractivity contribution in [3.63, 3.8) is 0 Å². The summed E-state index contributed by atoms with van der Waals surface area (Å²) in [5.41, 5.74) is 4.09. The Labute approximate surface area is 221 Å². The average Bonchev–Trinajstić information content (AvgIpc) is 3.33. The van der Waals surface area contributed by atoms with E-state index in [9.17, 15) is 4.79 Å². The largest absolute Gasteiger partial charge is 0.355 e. The number of likely N-dealkylation sites (N-methyl/N-ethyl adjacent to an activating group) is 1. The van der Waals surface area contributed by atoms with E-state index in [0.29, 0.717) is 17.4 Å². The Morgan fingerprint density at radius 2 is 1.83 bits per heavy atom. The fourth-order valence-corrected chi connectivity index (χ4v) is 6.15. The zero-order valence-corrected chi connectivity index (χ0v) is 22.8. The van der Waals surface area contributed by atoms with E-state index in [2.05, 4.69) is 50.8 Å². The molecule has 1 saturated heterocycles. The first-order chi connectivity index (χ1) is 17.3. The third kappa shape index (κ3) is 4.98. The van der Waals surface area contributed by atoms with Crippen LogP contribution in [0.2, 0.25) is 5.02 Å². The second kappa shape index (κ2) is 10.4. The van der Waals surface area contributed by atoms with Crippen LogP contribution in [0.4, 0.5) is 0 Å². The van der Waals surface area contributed by atoms with E-state index in [4.69, 9.17) is 16.6 Å². The maximum atomic E-state index is 13.1. The number of aliphatic imine (C=N–C) groups is 1. The van der Waals surface area contributed by atoms with Gasteiger partial charge < -0.3 is 10.2 Å². The molecule has 0 radical (unpaired) electrons. The van der Waals surface area contributed by atoms with Gasteiger partial charge in [-0.25, -0.2) is 0 Å². The van der Waals surface area contributed by atoms with Crippen molar-refractivity contribution in [3.05, 3.63) is 62.5 Å². The Bertz CT molecular complexity index is 1290. The van der Waals surface area contributed by atoms with E-state index in [0.717, 1.165) is 60.4 Å². The number of carbonyl (C=O) groups is 1. The van der Waals surface area contributed by atoms with Crippen molar-refractivity contribution in [2.45, 2.75) is 33.2 Å². The molecule has 0 saturated carbocycles. The Morgan fingerprint density at radius 1 is 1.11 bits per heavy atom. The number of benzene rings is 1. The van der Waals surface area contributed by atoms with Crippen LogP contribution in [0.5, 0.6) is 0 Å². The van der Waals surface area contributed by atoms with Crippen LogP contribution in [-0.4, -0.2) is 82.5 Å². The maximum Gasteiger partial charge on any atom is 0.222 e. The molecule has 36 heavy (non-hydrogen) atoms. The number of hydrogen-bond acceptors (Lipinski definition) is 7. The summed E-state index contributed by atoms with van der Waals surface area (Å²) in [4.78, 5) is 24.2. The SMILES string of the molecule is Cc1sc2c(c1C)C(c1ccc(Cl)cc1)=N[C@@H](CC(=O)NCCN1CCN(C)CC1)c1nnc(C)n1-2. The zero-order valence-electron chi connectivity index (χ0n) is 21.2. The van der Waals surface area contributed by atoms with Gasteiger partial charge >= 0.3 is 0 Å². The predicted octanol–water partition coefficient (Wildman–Crippen LogP) is 3.55. The van der Waals surface area contributed by atoms with E-state index < -0.39 is 6.04 Å². The first-order valence-electron chi connectivity index (χ1n) is 12.4. The van der Waals surface area contributed by atoms with Gasteiger partial charge in [-0.05, 0) is 45.5 Å². The van der Waals surface area contributed by atoms with Gasteiger partial charge in [0.05, 0.1) is 12.1 Å². The quantitative estimate of drug-likeness (QED) is 0.532. The average molecular weight is 526 g/mol. The first-order valence-corrected chi connectivity index (χ1v) is 13.5.